The summed E-state index contributed by atoms with van der Waals surface area (Å²) in [5.74, 6) is -1.34. The first-order valence-electron chi connectivity index (χ1n) is 13.7. The lowest BCUT2D eigenvalue weighted by Crippen LogP contribution is -2.46. The van der Waals surface area contributed by atoms with Gasteiger partial charge in [0.05, 0.1) is 0 Å². The molecule has 4 heteroatoms. The van der Waals surface area contributed by atoms with E-state index in [9.17, 15) is 14.7 Å². The molecular formula is C37H29NO3. The number of amides is 1. The fourth-order valence-electron chi connectivity index (χ4n) is 5.52. The molecule has 0 unspecified atom stereocenters. The molecule has 41 heavy (non-hydrogen) atoms. The minimum atomic E-state index is -1.07. The lowest BCUT2D eigenvalue weighted by atomic mass is 9.97. The fraction of sp³-hybridized carbons (Fsp3) is 0.0811. The van der Waals surface area contributed by atoms with Gasteiger partial charge in [-0.1, -0.05) is 133 Å². The Morgan fingerprint density at radius 1 is 0.585 bits per heavy atom. The normalized spacial score (nSPS) is 11.8. The van der Waals surface area contributed by atoms with Gasteiger partial charge in [0, 0.05) is 18.5 Å². The largest absolute Gasteiger partial charge is 0.480 e. The molecule has 1 N–H and O–H groups in total. The van der Waals surface area contributed by atoms with E-state index in [1.807, 2.05) is 133 Å². The zero-order chi connectivity index (χ0) is 28.2. The Labute approximate surface area is 239 Å². The second kappa shape index (κ2) is 11.5. The Balaban J connectivity index is 1.40. The molecule has 200 valence electrons. The number of carbonyl (C=O) groups is 2. The van der Waals surface area contributed by atoms with Crippen LogP contribution in [0.1, 0.15) is 21.5 Å². The van der Waals surface area contributed by atoms with Gasteiger partial charge in [-0.3, -0.25) is 4.79 Å². The lowest BCUT2D eigenvalue weighted by Gasteiger charge is -2.30. The number of rotatable bonds is 8. The Morgan fingerprint density at radius 3 is 1.85 bits per heavy atom. The topological polar surface area (TPSA) is 57.6 Å². The summed E-state index contributed by atoms with van der Waals surface area (Å²) in [7, 11) is 0. The zero-order valence-electron chi connectivity index (χ0n) is 22.5. The van der Waals surface area contributed by atoms with E-state index in [0.717, 1.165) is 43.8 Å². The number of nitrogens with zero attached hydrogens (tertiary/aromatic N) is 1. The van der Waals surface area contributed by atoms with E-state index in [1.165, 1.54) is 4.90 Å². The first-order valence-corrected chi connectivity index (χ1v) is 13.7. The highest BCUT2D eigenvalue weighted by atomic mass is 16.4. The van der Waals surface area contributed by atoms with Gasteiger partial charge in [0.1, 0.15) is 6.04 Å². The highest BCUT2D eigenvalue weighted by molar-refractivity contribution is 6.08. The monoisotopic (exact) mass is 535 g/mol. The average Bonchev–Trinajstić information content (AvgIpc) is 3.03. The van der Waals surface area contributed by atoms with Gasteiger partial charge in [0.25, 0.3) is 5.91 Å². The van der Waals surface area contributed by atoms with Crippen molar-refractivity contribution in [3.05, 3.63) is 156 Å². The SMILES string of the molecule is O=C(O)[C@H](Cc1ccc(-c2ccccc2)cc1)N(Cc1cccc2ccccc12)C(=O)c1cccc2ccccc12. The van der Waals surface area contributed by atoms with Crippen LogP contribution in [0.4, 0.5) is 0 Å². The van der Waals surface area contributed by atoms with Gasteiger partial charge >= 0.3 is 5.97 Å². The molecule has 0 saturated heterocycles. The summed E-state index contributed by atoms with van der Waals surface area (Å²) in [6, 6.07) is 44.2. The van der Waals surface area contributed by atoms with Gasteiger partial charge in [-0.2, -0.15) is 0 Å². The average molecular weight is 536 g/mol. The first-order chi connectivity index (χ1) is 20.1. The highest BCUT2D eigenvalue weighted by Crippen LogP contribution is 2.27. The van der Waals surface area contributed by atoms with E-state index in [1.54, 1.807) is 6.07 Å². The molecule has 0 radical (unpaired) electrons. The summed E-state index contributed by atoms with van der Waals surface area (Å²) in [6.45, 7) is 0.169. The molecule has 6 aromatic rings. The molecule has 6 rings (SSSR count). The lowest BCUT2D eigenvalue weighted by molar-refractivity contribution is -0.142. The van der Waals surface area contributed by atoms with E-state index in [2.05, 4.69) is 0 Å². The fourth-order valence-corrected chi connectivity index (χ4v) is 5.52. The summed E-state index contributed by atoms with van der Waals surface area (Å²) >= 11 is 0. The number of benzene rings is 6. The molecule has 0 saturated carbocycles. The van der Waals surface area contributed by atoms with Crippen LogP contribution in [0, 0.1) is 0 Å². The van der Waals surface area contributed by atoms with Gasteiger partial charge in [-0.05, 0) is 49.9 Å². The van der Waals surface area contributed by atoms with Crippen molar-refractivity contribution < 1.29 is 14.7 Å². The van der Waals surface area contributed by atoms with Gasteiger partial charge in [0.2, 0.25) is 0 Å². The summed E-state index contributed by atoms with van der Waals surface area (Å²) in [5.41, 5.74) is 4.40. The smallest absolute Gasteiger partial charge is 0.326 e. The Morgan fingerprint density at radius 2 is 1.15 bits per heavy atom. The standard InChI is InChI=1S/C37H29NO3/c39-36(34-19-9-15-30-13-5-7-18-33(30)34)38(25-31-16-8-14-29-12-4-6-17-32(29)31)35(37(40)41)24-26-20-22-28(23-21-26)27-10-2-1-3-11-27/h1-23,35H,24-25H2,(H,40,41)/t35-/m0/s1. The molecule has 0 aliphatic heterocycles. The summed E-state index contributed by atoms with van der Waals surface area (Å²) in [5, 5.41) is 14.3. The maximum atomic E-state index is 14.3. The van der Waals surface area contributed by atoms with E-state index in [4.69, 9.17) is 0 Å². The van der Waals surface area contributed by atoms with Crippen LogP contribution in [0.2, 0.25) is 0 Å². The van der Waals surface area contributed by atoms with Gasteiger partial charge in [-0.15, -0.1) is 0 Å². The van der Waals surface area contributed by atoms with Crippen LogP contribution in [0.5, 0.6) is 0 Å². The molecular weight excluding hydrogens is 506 g/mol. The van der Waals surface area contributed by atoms with Gasteiger partial charge in [0.15, 0.2) is 0 Å². The molecule has 0 bridgehead atoms. The number of carbonyl (C=O) groups excluding carboxylic acids is 1. The molecule has 4 nitrogen and oxygen atoms in total. The van der Waals surface area contributed by atoms with Crippen molar-refractivity contribution in [2.45, 2.75) is 19.0 Å². The van der Waals surface area contributed by atoms with Crippen LogP contribution in [0.25, 0.3) is 32.7 Å². The highest BCUT2D eigenvalue weighted by Gasteiger charge is 2.32. The van der Waals surface area contributed by atoms with Crippen LogP contribution in [0.15, 0.2) is 140 Å². The maximum absolute atomic E-state index is 14.3. The van der Waals surface area contributed by atoms with Crippen molar-refractivity contribution in [2.75, 3.05) is 0 Å². The number of aliphatic carboxylic acids is 1. The van der Waals surface area contributed by atoms with Crippen molar-refractivity contribution in [3.8, 4) is 11.1 Å². The van der Waals surface area contributed by atoms with Crippen molar-refractivity contribution in [2.24, 2.45) is 0 Å². The number of hydrogen-bond donors (Lipinski definition) is 1. The molecule has 1 atom stereocenters. The summed E-state index contributed by atoms with van der Waals surface area (Å²) in [4.78, 5) is 28.8. The maximum Gasteiger partial charge on any atom is 0.326 e. The molecule has 0 spiro atoms. The predicted octanol–water partition coefficient (Wildman–Crippen LogP) is 8.00. The van der Waals surface area contributed by atoms with Crippen LogP contribution >= 0.6 is 0 Å². The number of carboxylic acid groups (broad SMARTS) is 1. The molecule has 1 amide bonds. The molecule has 0 fully saturated rings. The Hall–Kier alpha value is -5.22. The van der Waals surface area contributed by atoms with E-state index >= 15 is 0 Å². The summed E-state index contributed by atoms with van der Waals surface area (Å²) in [6.07, 6.45) is 0.186. The van der Waals surface area contributed by atoms with Crippen molar-refractivity contribution in [1.29, 1.82) is 0 Å². The Kier molecular flexibility index (Phi) is 7.29. The van der Waals surface area contributed by atoms with Crippen LogP contribution < -0.4 is 0 Å². The van der Waals surface area contributed by atoms with E-state index < -0.39 is 12.0 Å². The predicted molar refractivity (Wildman–Crippen MR) is 165 cm³/mol. The van der Waals surface area contributed by atoms with Crippen molar-refractivity contribution in [3.63, 3.8) is 0 Å². The quantitative estimate of drug-likeness (QED) is 0.215. The van der Waals surface area contributed by atoms with Crippen molar-refractivity contribution in [1.82, 2.24) is 4.90 Å². The minimum Gasteiger partial charge on any atom is -0.480 e. The number of hydrogen-bond acceptors (Lipinski definition) is 2. The van der Waals surface area contributed by atoms with E-state index in [0.29, 0.717) is 5.56 Å². The molecule has 0 aliphatic rings. The van der Waals surface area contributed by atoms with Gasteiger partial charge in [-0.25, -0.2) is 4.79 Å². The zero-order valence-corrected chi connectivity index (χ0v) is 22.5. The second-order valence-corrected chi connectivity index (χ2v) is 10.2. The van der Waals surface area contributed by atoms with Crippen LogP contribution in [-0.2, 0) is 17.8 Å². The second-order valence-electron chi connectivity index (χ2n) is 10.2. The van der Waals surface area contributed by atoms with Crippen LogP contribution in [-0.4, -0.2) is 27.9 Å². The third-order valence-electron chi connectivity index (χ3n) is 7.65. The Bertz CT molecular complexity index is 1830. The summed E-state index contributed by atoms with van der Waals surface area (Å²) < 4.78 is 0. The third kappa shape index (κ3) is 5.45. The molecule has 0 aliphatic carbocycles. The number of fused-ring (bicyclic) bond motifs is 2. The van der Waals surface area contributed by atoms with Crippen LogP contribution in [0.3, 0.4) is 0 Å². The molecule has 0 heterocycles. The first kappa shape index (κ1) is 26.0. The third-order valence-corrected chi connectivity index (χ3v) is 7.65. The minimum absolute atomic E-state index is 0.169. The molecule has 0 aromatic heterocycles. The molecule has 6 aromatic carbocycles. The number of carboxylic acids is 1. The van der Waals surface area contributed by atoms with Gasteiger partial charge < -0.3 is 10.0 Å². The van der Waals surface area contributed by atoms with E-state index in [-0.39, 0.29) is 18.9 Å². The van der Waals surface area contributed by atoms with Crippen molar-refractivity contribution >= 4 is 33.4 Å².